The first-order chi connectivity index (χ1) is 11.2. The molecule has 1 amide bonds. The summed E-state index contributed by atoms with van der Waals surface area (Å²) in [6, 6.07) is 11.6. The number of rotatable bonds is 5. The fraction of sp³-hybridized carbons (Fsp3) is 0.222. The first kappa shape index (κ1) is 15.1. The van der Waals surface area contributed by atoms with Crippen LogP contribution in [0.3, 0.4) is 0 Å². The van der Waals surface area contributed by atoms with Gasteiger partial charge in [-0.3, -0.25) is 4.79 Å². The third-order valence-electron chi connectivity index (χ3n) is 3.80. The lowest BCUT2D eigenvalue weighted by molar-refractivity contribution is 0.0947. The summed E-state index contributed by atoms with van der Waals surface area (Å²) in [6.07, 6.45) is 3.94. The van der Waals surface area contributed by atoms with Crippen LogP contribution >= 0.6 is 0 Å². The first-order valence-electron chi connectivity index (χ1n) is 7.64. The number of furan rings is 1. The van der Waals surface area contributed by atoms with E-state index in [0.717, 1.165) is 29.1 Å². The Labute approximate surface area is 134 Å². The predicted octanol–water partition coefficient (Wildman–Crippen LogP) is 3.27. The maximum atomic E-state index is 12.4. The molecule has 0 aliphatic rings. The predicted molar refractivity (Wildman–Crippen MR) is 87.6 cm³/mol. The molecular weight excluding hydrogens is 290 g/mol. The average molecular weight is 309 g/mol. The van der Waals surface area contributed by atoms with Gasteiger partial charge < -0.3 is 9.73 Å². The van der Waals surface area contributed by atoms with Crippen molar-refractivity contribution in [3.8, 4) is 5.69 Å². The highest BCUT2D eigenvalue weighted by Crippen LogP contribution is 2.19. The van der Waals surface area contributed by atoms with Crippen molar-refractivity contribution >= 4 is 5.91 Å². The summed E-state index contributed by atoms with van der Waals surface area (Å²) in [7, 11) is 0. The smallest absolute Gasteiger partial charge is 0.255 e. The van der Waals surface area contributed by atoms with Gasteiger partial charge in [0.1, 0.15) is 5.76 Å². The minimum Gasteiger partial charge on any atom is -0.467 e. The molecule has 23 heavy (non-hydrogen) atoms. The van der Waals surface area contributed by atoms with E-state index in [-0.39, 0.29) is 5.91 Å². The van der Waals surface area contributed by atoms with Gasteiger partial charge in [-0.15, -0.1) is 0 Å². The van der Waals surface area contributed by atoms with E-state index < -0.39 is 0 Å². The Kier molecular flexibility index (Phi) is 4.28. The zero-order chi connectivity index (χ0) is 16.2. The average Bonchev–Trinajstić information content (AvgIpc) is 3.22. The van der Waals surface area contributed by atoms with E-state index in [1.807, 2.05) is 48.9 Å². The Bertz CT molecular complexity index is 804. The second-order valence-corrected chi connectivity index (χ2v) is 5.32. The van der Waals surface area contributed by atoms with Crippen LogP contribution in [0, 0.1) is 6.92 Å². The van der Waals surface area contributed by atoms with Crippen LogP contribution in [0.1, 0.15) is 34.3 Å². The van der Waals surface area contributed by atoms with Crippen LogP contribution in [0.4, 0.5) is 0 Å². The van der Waals surface area contributed by atoms with Crippen LogP contribution in [0.2, 0.25) is 0 Å². The van der Waals surface area contributed by atoms with E-state index in [0.29, 0.717) is 12.1 Å². The van der Waals surface area contributed by atoms with Gasteiger partial charge in [0, 0.05) is 0 Å². The molecule has 0 aliphatic heterocycles. The van der Waals surface area contributed by atoms with Crippen molar-refractivity contribution < 1.29 is 9.21 Å². The van der Waals surface area contributed by atoms with E-state index in [4.69, 9.17) is 4.42 Å². The van der Waals surface area contributed by atoms with Crippen molar-refractivity contribution in [2.45, 2.75) is 26.8 Å². The van der Waals surface area contributed by atoms with E-state index in [1.165, 1.54) is 0 Å². The molecule has 0 saturated carbocycles. The van der Waals surface area contributed by atoms with Crippen LogP contribution < -0.4 is 5.32 Å². The zero-order valence-electron chi connectivity index (χ0n) is 13.2. The van der Waals surface area contributed by atoms with Crippen LogP contribution in [-0.4, -0.2) is 15.7 Å². The summed E-state index contributed by atoms with van der Waals surface area (Å²) in [6.45, 7) is 4.42. The van der Waals surface area contributed by atoms with E-state index in [9.17, 15) is 4.79 Å². The molecule has 0 aliphatic carbocycles. The molecule has 3 rings (SSSR count). The van der Waals surface area contributed by atoms with E-state index in [2.05, 4.69) is 10.4 Å². The number of benzene rings is 1. The molecule has 0 spiro atoms. The summed E-state index contributed by atoms with van der Waals surface area (Å²) in [5.74, 6) is 0.584. The number of carbonyl (C=O) groups is 1. The molecule has 2 aromatic heterocycles. The number of nitrogens with zero attached hydrogens (tertiary/aromatic N) is 2. The number of nitrogens with one attached hydrogen (secondary N) is 1. The fourth-order valence-corrected chi connectivity index (χ4v) is 2.59. The summed E-state index contributed by atoms with van der Waals surface area (Å²) in [4.78, 5) is 12.4. The molecule has 0 fully saturated rings. The first-order valence-corrected chi connectivity index (χ1v) is 7.64. The van der Waals surface area contributed by atoms with Gasteiger partial charge in [0.2, 0.25) is 0 Å². The third-order valence-corrected chi connectivity index (χ3v) is 3.80. The molecule has 0 bridgehead atoms. The van der Waals surface area contributed by atoms with Gasteiger partial charge in [0.05, 0.1) is 35.9 Å². The van der Waals surface area contributed by atoms with E-state index >= 15 is 0 Å². The Hall–Kier alpha value is -2.82. The molecule has 5 heteroatoms. The SMILES string of the molecule is CCc1c(C(=O)NCc2ccco2)cnn1-c1ccccc1C. The van der Waals surface area contributed by atoms with E-state index in [1.54, 1.807) is 18.5 Å². The van der Waals surface area contributed by atoms with Crippen LogP contribution in [-0.2, 0) is 13.0 Å². The molecule has 5 nitrogen and oxygen atoms in total. The Morgan fingerprint density at radius 3 is 2.78 bits per heavy atom. The number of para-hydroxylation sites is 1. The van der Waals surface area contributed by atoms with Crippen molar-refractivity contribution in [1.29, 1.82) is 0 Å². The van der Waals surface area contributed by atoms with Gasteiger partial charge in [0.15, 0.2) is 0 Å². The molecule has 3 aromatic rings. The molecule has 118 valence electrons. The van der Waals surface area contributed by atoms with Gasteiger partial charge in [0.25, 0.3) is 5.91 Å². The van der Waals surface area contributed by atoms with Crippen LogP contribution in [0.15, 0.2) is 53.3 Å². The summed E-state index contributed by atoms with van der Waals surface area (Å²) in [5.41, 5.74) is 3.61. The molecule has 1 N–H and O–H groups in total. The molecule has 0 radical (unpaired) electrons. The minimum absolute atomic E-state index is 0.141. The highest BCUT2D eigenvalue weighted by Gasteiger charge is 2.17. The minimum atomic E-state index is -0.141. The second-order valence-electron chi connectivity index (χ2n) is 5.32. The lowest BCUT2D eigenvalue weighted by Gasteiger charge is -2.10. The lowest BCUT2D eigenvalue weighted by atomic mass is 10.1. The highest BCUT2D eigenvalue weighted by molar-refractivity contribution is 5.95. The van der Waals surface area contributed by atoms with Crippen molar-refractivity contribution in [1.82, 2.24) is 15.1 Å². The number of aromatic nitrogens is 2. The summed E-state index contributed by atoms with van der Waals surface area (Å²) >= 11 is 0. The molecule has 0 saturated heterocycles. The lowest BCUT2D eigenvalue weighted by Crippen LogP contribution is -2.23. The standard InChI is InChI=1S/C18H19N3O2/c1-3-16-15(18(22)19-11-14-8-6-10-23-14)12-20-21(16)17-9-5-4-7-13(17)2/h4-10,12H,3,11H2,1-2H3,(H,19,22). The van der Waals surface area contributed by atoms with Crippen molar-refractivity contribution in [3.63, 3.8) is 0 Å². The molecular formula is C18H19N3O2. The number of hydrogen-bond donors (Lipinski definition) is 1. The van der Waals surface area contributed by atoms with Crippen LogP contribution in [0.25, 0.3) is 5.69 Å². The van der Waals surface area contributed by atoms with Gasteiger partial charge in [-0.1, -0.05) is 25.1 Å². The largest absolute Gasteiger partial charge is 0.467 e. The normalized spacial score (nSPS) is 10.7. The van der Waals surface area contributed by atoms with Gasteiger partial charge >= 0.3 is 0 Å². The summed E-state index contributed by atoms with van der Waals surface area (Å²) < 4.78 is 7.08. The molecule has 2 heterocycles. The zero-order valence-corrected chi connectivity index (χ0v) is 13.2. The number of hydrogen-bond acceptors (Lipinski definition) is 3. The van der Waals surface area contributed by atoms with Crippen molar-refractivity contribution in [3.05, 3.63) is 71.4 Å². The maximum Gasteiger partial charge on any atom is 0.255 e. The fourth-order valence-electron chi connectivity index (χ4n) is 2.59. The van der Waals surface area contributed by atoms with Crippen molar-refractivity contribution in [2.75, 3.05) is 0 Å². The number of carbonyl (C=O) groups excluding carboxylic acids is 1. The van der Waals surface area contributed by atoms with Crippen molar-refractivity contribution in [2.24, 2.45) is 0 Å². The highest BCUT2D eigenvalue weighted by atomic mass is 16.3. The van der Waals surface area contributed by atoms with Gasteiger partial charge in [-0.2, -0.15) is 5.10 Å². The molecule has 0 atom stereocenters. The Morgan fingerprint density at radius 1 is 1.26 bits per heavy atom. The Balaban J connectivity index is 1.86. The maximum absolute atomic E-state index is 12.4. The van der Waals surface area contributed by atoms with Gasteiger partial charge in [-0.05, 0) is 37.1 Å². The monoisotopic (exact) mass is 309 g/mol. The second kappa shape index (κ2) is 6.52. The molecule has 1 aromatic carbocycles. The van der Waals surface area contributed by atoms with Gasteiger partial charge in [-0.25, -0.2) is 4.68 Å². The topological polar surface area (TPSA) is 60.1 Å². The Morgan fingerprint density at radius 2 is 2.09 bits per heavy atom. The quantitative estimate of drug-likeness (QED) is 0.787. The molecule has 0 unspecified atom stereocenters. The summed E-state index contributed by atoms with van der Waals surface area (Å²) in [5, 5.41) is 7.29. The number of amides is 1. The third kappa shape index (κ3) is 3.04. The number of aryl methyl sites for hydroxylation is 1. The van der Waals surface area contributed by atoms with Crippen LogP contribution in [0.5, 0.6) is 0 Å².